The molecule has 5 rings (SSSR count). The van der Waals surface area contributed by atoms with Crippen molar-refractivity contribution >= 4 is 12.0 Å². The second-order valence-electron chi connectivity index (χ2n) is 13.5. The smallest absolute Gasteiger partial charge is 0.407 e. The van der Waals surface area contributed by atoms with Gasteiger partial charge in [-0.2, -0.15) is 0 Å². The summed E-state index contributed by atoms with van der Waals surface area (Å²) in [5.74, 6) is -0.247. The summed E-state index contributed by atoms with van der Waals surface area (Å²) in [6, 6.07) is 33.5. The van der Waals surface area contributed by atoms with Gasteiger partial charge in [-0.15, -0.1) is 0 Å². The van der Waals surface area contributed by atoms with Crippen molar-refractivity contribution in [2.45, 2.75) is 83.0 Å². The molecule has 252 valence electrons. The van der Waals surface area contributed by atoms with Gasteiger partial charge >= 0.3 is 6.09 Å². The molecular formula is C40H46N2O6. The number of carbonyl (C=O) groups excluding carboxylic acids is 2. The molecule has 0 bridgehead atoms. The Morgan fingerprint density at radius 2 is 1.42 bits per heavy atom. The van der Waals surface area contributed by atoms with Gasteiger partial charge in [0, 0.05) is 12.3 Å². The predicted molar refractivity (Wildman–Crippen MR) is 185 cm³/mol. The maximum absolute atomic E-state index is 14.0. The monoisotopic (exact) mass is 650 g/mol. The third-order valence-electron chi connectivity index (χ3n) is 8.52. The molecule has 4 N–H and O–H groups in total. The molecule has 5 atom stereocenters. The van der Waals surface area contributed by atoms with Gasteiger partial charge in [0.25, 0.3) is 0 Å². The lowest BCUT2D eigenvalue weighted by Gasteiger charge is -2.29. The van der Waals surface area contributed by atoms with E-state index >= 15 is 0 Å². The molecule has 48 heavy (non-hydrogen) atoms. The van der Waals surface area contributed by atoms with Crippen LogP contribution >= 0.6 is 0 Å². The summed E-state index contributed by atoms with van der Waals surface area (Å²) in [7, 11) is 0. The second kappa shape index (κ2) is 16.0. The molecule has 0 aromatic heterocycles. The summed E-state index contributed by atoms with van der Waals surface area (Å²) in [5, 5.41) is 28.5. The molecule has 1 aliphatic rings. The minimum absolute atomic E-state index is 0.0653. The fourth-order valence-corrected chi connectivity index (χ4v) is 6.12. The maximum atomic E-state index is 14.0. The number of hydrogen-bond donors (Lipinski definition) is 4. The van der Waals surface area contributed by atoms with E-state index in [2.05, 4.69) is 10.6 Å². The highest BCUT2D eigenvalue weighted by atomic mass is 16.6. The molecule has 0 unspecified atom stereocenters. The number of aliphatic hydroxyl groups excluding tert-OH is 2. The van der Waals surface area contributed by atoms with E-state index in [-0.39, 0.29) is 12.3 Å². The van der Waals surface area contributed by atoms with Crippen LogP contribution in [-0.2, 0) is 35.4 Å². The van der Waals surface area contributed by atoms with E-state index in [1.54, 1.807) is 20.8 Å². The molecule has 2 amide bonds. The van der Waals surface area contributed by atoms with E-state index < -0.39 is 41.9 Å². The molecule has 0 fully saturated rings. The van der Waals surface area contributed by atoms with Crippen molar-refractivity contribution < 1.29 is 29.3 Å². The zero-order valence-electron chi connectivity index (χ0n) is 27.8. The Morgan fingerprint density at radius 3 is 2.08 bits per heavy atom. The highest BCUT2D eigenvalue weighted by Gasteiger charge is 2.35. The highest BCUT2D eigenvalue weighted by Crippen LogP contribution is 2.32. The standard InChI is InChI=1S/C40H46N2O6/c1-40(2,3)48-39(46)41-34(23-27-12-6-4-7-13-27)35(43)25-31(38(45)42-37-33-17-11-10-16-30(33)24-36(37)44)22-28-18-20-32(21-19-28)47-26-29-14-8-5-9-15-29/h4-21,31,34-37,43-44H,22-26H2,1-3H3,(H,41,46)(H,42,45)/t31-,34+,35+,36-,37+/m1/s1. The SMILES string of the molecule is CC(C)(C)OC(=O)N[C@@H](Cc1ccccc1)[C@@H](O)C[C@@H](Cc1ccc(OCc2ccccc2)cc1)C(=O)N[C@H]1c2ccccc2C[C@H]1O. The molecule has 0 radical (unpaired) electrons. The number of amides is 2. The van der Waals surface area contributed by atoms with Crippen LogP contribution in [0.1, 0.15) is 61.1 Å². The molecule has 4 aromatic rings. The number of nitrogens with one attached hydrogen (secondary N) is 2. The number of hydrogen-bond acceptors (Lipinski definition) is 6. The number of fused-ring (bicyclic) bond motifs is 1. The fraction of sp³-hybridized carbons (Fsp3) is 0.350. The first kappa shape index (κ1) is 34.7. The van der Waals surface area contributed by atoms with Crippen molar-refractivity contribution in [3.63, 3.8) is 0 Å². The number of aliphatic hydroxyl groups is 2. The average molecular weight is 651 g/mol. The van der Waals surface area contributed by atoms with Gasteiger partial charge in [-0.1, -0.05) is 97.1 Å². The lowest BCUT2D eigenvalue weighted by molar-refractivity contribution is -0.127. The lowest BCUT2D eigenvalue weighted by Crippen LogP contribution is -2.48. The molecule has 0 aliphatic heterocycles. The number of benzene rings is 4. The first-order chi connectivity index (χ1) is 23.0. The summed E-state index contributed by atoms with van der Waals surface area (Å²) in [4.78, 5) is 26.9. The van der Waals surface area contributed by atoms with Crippen LogP contribution in [0.25, 0.3) is 0 Å². The van der Waals surface area contributed by atoms with Crippen molar-refractivity contribution in [3.8, 4) is 5.75 Å². The largest absolute Gasteiger partial charge is 0.489 e. The summed E-state index contributed by atoms with van der Waals surface area (Å²) < 4.78 is 11.5. The van der Waals surface area contributed by atoms with Gasteiger partial charge < -0.3 is 30.3 Å². The van der Waals surface area contributed by atoms with Crippen LogP contribution in [0, 0.1) is 5.92 Å². The molecule has 4 aromatic carbocycles. The second-order valence-corrected chi connectivity index (χ2v) is 13.5. The van der Waals surface area contributed by atoms with E-state index in [0.29, 0.717) is 31.6 Å². The van der Waals surface area contributed by atoms with Crippen molar-refractivity contribution in [3.05, 3.63) is 137 Å². The average Bonchev–Trinajstić information content (AvgIpc) is 3.38. The lowest BCUT2D eigenvalue weighted by atomic mass is 9.88. The number of ether oxygens (including phenoxy) is 2. The van der Waals surface area contributed by atoms with E-state index in [1.165, 1.54) is 0 Å². The Bertz CT molecular complexity index is 1620. The first-order valence-corrected chi connectivity index (χ1v) is 16.6. The Labute approximate surface area is 283 Å². The normalized spacial score (nSPS) is 17.4. The van der Waals surface area contributed by atoms with Crippen LogP contribution in [0.3, 0.4) is 0 Å². The van der Waals surface area contributed by atoms with Crippen molar-refractivity contribution in [2.24, 2.45) is 5.92 Å². The molecule has 0 spiro atoms. The minimum atomic E-state index is -1.08. The van der Waals surface area contributed by atoms with Gasteiger partial charge in [0.15, 0.2) is 0 Å². The minimum Gasteiger partial charge on any atom is -0.489 e. The summed E-state index contributed by atoms with van der Waals surface area (Å²) >= 11 is 0. The topological polar surface area (TPSA) is 117 Å². The molecular weight excluding hydrogens is 604 g/mol. The van der Waals surface area contributed by atoms with Gasteiger partial charge in [-0.25, -0.2) is 4.79 Å². The molecule has 8 heteroatoms. The van der Waals surface area contributed by atoms with Crippen LogP contribution in [0.4, 0.5) is 4.79 Å². The zero-order valence-corrected chi connectivity index (χ0v) is 27.8. The van der Waals surface area contributed by atoms with Gasteiger partial charge in [0.2, 0.25) is 5.91 Å². The predicted octanol–water partition coefficient (Wildman–Crippen LogP) is 6.09. The van der Waals surface area contributed by atoms with Crippen LogP contribution in [0.2, 0.25) is 0 Å². The van der Waals surface area contributed by atoms with Crippen molar-refractivity contribution in [2.75, 3.05) is 0 Å². The number of rotatable bonds is 13. The molecule has 8 nitrogen and oxygen atoms in total. The molecule has 0 heterocycles. The van der Waals surface area contributed by atoms with E-state index in [1.807, 2.05) is 109 Å². The Balaban J connectivity index is 1.34. The summed E-state index contributed by atoms with van der Waals surface area (Å²) in [6.07, 6.45) is -1.27. The van der Waals surface area contributed by atoms with Crippen LogP contribution in [0.5, 0.6) is 5.75 Å². The van der Waals surface area contributed by atoms with E-state index in [4.69, 9.17) is 9.47 Å². The first-order valence-electron chi connectivity index (χ1n) is 16.6. The summed E-state index contributed by atoms with van der Waals surface area (Å²) in [6.45, 7) is 5.78. The number of alkyl carbamates (subject to hydrolysis) is 1. The van der Waals surface area contributed by atoms with Gasteiger partial charge in [0.05, 0.1) is 24.3 Å². The maximum Gasteiger partial charge on any atom is 0.407 e. The van der Waals surface area contributed by atoms with Crippen LogP contribution < -0.4 is 15.4 Å². The third-order valence-corrected chi connectivity index (χ3v) is 8.52. The third kappa shape index (κ3) is 9.92. The number of carbonyl (C=O) groups is 2. The Hall–Kier alpha value is -4.66. The van der Waals surface area contributed by atoms with Gasteiger partial charge in [-0.3, -0.25) is 4.79 Å². The van der Waals surface area contributed by atoms with Crippen LogP contribution in [0.15, 0.2) is 109 Å². The molecule has 1 aliphatic carbocycles. The molecule has 0 saturated carbocycles. The highest BCUT2D eigenvalue weighted by molar-refractivity contribution is 5.80. The Morgan fingerprint density at radius 1 is 0.812 bits per heavy atom. The summed E-state index contributed by atoms with van der Waals surface area (Å²) in [5.41, 5.74) is 4.06. The van der Waals surface area contributed by atoms with E-state index in [9.17, 15) is 19.8 Å². The van der Waals surface area contributed by atoms with Gasteiger partial charge in [-0.05, 0) is 80.0 Å². The molecule has 0 saturated heterocycles. The fourth-order valence-electron chi connectivity index (χ4n) is 6.12. The van der Waals surface area contributed by atoms with E-state index in [0.717, 1.165) is 27.8 Å². The zero-order chi connectivity index (χ0) is 34.1. The van der Waals surface area contributed by atoms with Gasteiger partial charge in [0.1, 0.15) is 18.0 Å². The van der Waals surface area contributed by atoms with Crippen molar-refractivity contribution in [1.82, 2.24) is 10.6 Å². The quantitative estimate of drug-likeness (QED) is 0.139. The Kier molecular flexibility index (Phi) is 11.5. The van der Waals surface area contributed by atoms with Crippen molar-refractivity contribution in [1.29, 1.82) is 0 Å². The van der Waals surface area contributed by atoms with Crippen LogP contribution in [-0.4, -0.2) is 46.1 Å².